The largest absolute Gasteiger partial charge is 0.496 e. The van der Waals surface area contributed by atoms with E-state index in [1.165, 1.54) is 4.68 Å². The Labute approximate surface area is 173 Å². The smallest absolute Gasteiger partial charge is 0.359 e. The first-order valence-electron chi connectivity index (χ1n) is 9.46. The van der Waals surface area contributed by atoms with Crippen molar-refractivity contribution in [2.24, 2.45) is 0 Å². The molecule has 4 rings (SSSR count). The molecular weight excluding hydrogens is 380 g/mol. The number of aromatic nitrogens is 2. The van der Waals surface area contributed by atoms with Crippen LogP contribution in [0.15, 0.2) is 77.6 Å². The van der Waals surface area contributed by atoms with Crippen molar-refractivity contribution >= 4 is 16.7 Å². The molecule has 1 aromatic heterocycles. The van der Waals surface area contributed by atoms with Crippen molar-refractivity contribution in [2.45, 2.75) is 13.5 Å². The molecule has 0 bridgehead atoms. The van der Waals surface area contributed by atoms with Crippen LogP contribution in [0.2, 0.25) is 0 Å². The average molecular weight is 400 g/mol. The van der Waals surface area contributed by atoms with Gasteiger partial charge >= 0.3 is 5.97 Å². The SMILES string of the molecule is COc1ccc(C)cc1COC(=O)c1nn(-c2ccccc2)c(=O)c2ccccc12. The molecule has 1 heterocycles. The van der Waals surface area contributed by atoms with Crippen molar-refractivity contribution in [3.63, 3.8) is 0 Å². The quantitative estimate of drug-likeness (QED) is 0.473. The second-order valence-electron chi connectivity index (χ2n) is 6.84. The summed E-state index contributed by atoms with van der Waals surface area (Å²) in [6, 6.07) is 21.5. The van der Waals surface area contributed by atoms with Gasteiger partial charge in [-0.2, -0.15) is 9.78 Å². The lowest BCUT2D eigenvalue weighted by Gasteiger charge is -2.12. The molecule has 0 N–H and O–H groups in total. The number of esters is 1. The number of benzene rings is 3. The number of aryl methyl sites for hydroxylation is 1. The molecule has 150 valence electrons. The minimum Gasteiger partial charge on any atom is -0.496 e. The Morgan fingerprint density at radius 3 is 2.40 bits per heavy atom. The third-order valence-corrected chi connectivity index (χ3v) is 4.79. The topological polar surface area (TPSA) is 70.4 Å². The van der Waals surface area contributed by atoms with Gasteiger partial charge in [-0.1, -0.05) is 48.0 Å². The maximum absolute atomic E-state index is 13.0. The summed E-state index contributed by atoms with van der Waals surface area (Å²) in [5.41, 5.74) is 2.15. The van der Waals surface area contributed by atoms with E-state index in [4.69, 9.17) is 9.47 Å². The van der Waals surface area contributed by atoms with E-state index in [1.807, 2.05) is 31.2 Å². The standard InChI is InChI=1S/C24H20N2O4/c1-16-12-13-21(29-2)17(14-16)15-30-24(28)22-19-10-6-7-11-20(19)23(27)26(25-22)18-8-4-3-5-9-18/h3-14H,15H2,1-2H3. The van der Waals surface area contributed by atoms with Gasteiger partial charge in [0.1, 0.15) is 12.4 Å². The Balaban J connectivity index is 1.75. The molecule has 0 aliphatic rings. The molecule has 0 saturated carbocycles. The molecule has 0 amide bonds. The highest BCUT2D eigenvalue weighted by atomic mass is 16.5. The Morgan fingerprint density at radius 2 is 1.67 bits per heavy atom. The number of carbonyl (C=O) groups excluding carboxylic acids is 1. The number of rotatable bonds is 5. The van der Waals surface area contributed by atoms with Crippen molar-refractivity contribution in [1.82, 2.24) is 9.78 Å². The lowest BCUT2D eigenvalue weighted by Crippen LogP contribution is -2.25. The van der Waals surface area contributed by atoms with Crippen molar-refractivity contribution in [3.05, 3.63) is 100.0 Å². The zero-order chi connectivity index (χ0) is 21.1. The van der Waals surface area contributed by atoms with Gasteiger partial charge in [0.25, 0.3) is 5.56 Å². The van der Waals surface area contributed by atoms with Crippen LogP contribution in [0.1, 0.15) is 21.6 Å². The van der Waals surface area contributed by atoms with Crippen LogP contribution in [0.5, 0.6) is 5.75 Å². The Kier molecular flexibility index (Phi) is 5.30. The molecule has 0 atom stereocenters. The fourth-order valence-electron chi connectivity index (χ4n) is 3.32. The van der Waals surface area contributed by atoms with E-state index in [9.17, 15) is 9.59 Å². The van der Waals surface area contributed by atoms with E-state index in [-0.39, 0.29) is 17.9 Å². The zero-order valence-electron chi connectivity index (χ0n) is 16.7. The van der Waals surface area contributed by atoms with E-state index in [1.54, 1.807) is 55.6 Å². The van der Waals surface area contributed by atoms with E-state index in [0.717, 1.165) is 11.1 Å². The van der Waals surface area contributed by atoms with Gasteiger partial charge in [0.05, 0.1) is 18.2 Å². The highest BCUT2D eigenvalue weighted by Gasteiger charge is 2.19. The molecule has 6 heteroatoms. The van der Waals surface area contributed by atoms with Crippen molar-refractivity contribution < 1.29 is 14.3 Å². The first kappa shape index (κ1) is 19.4. The highest BCUT2D eigenvalue weighted by Crippen LogP contribution is 2.22. The zero-order valence-corrected chi connectivity index (χ0v) is 16.7. The lowest BCUT2D eigenvalue weighted by atomic mass is 10.1. The predicted octanol–water partition coefficient (Wildman–Crippen LogP) is 4.06. The first-order chi connectivity index (χ1) is 14.6. The van der Waals surface area contributed by atoms with Crippen molar-refractivity contribution in [3.8, 4) is 11.4 Å². The molecule has 0 radical (unpaired) electrons. The van der Waals surface area contributed by atoms with Crippen LogP contribution in [0.3, 0.4) is 0 Å². The van der Waals surface area contributed by atoms with Gasteiger partial charge in [-0.05, 0) is 37.3 Å². The summed E-state index contributed by atoms with van der Waals surface area (Å²) in [6.07, 6.45) is 0. The number of para-hydroxylation sites is 1. The molecule has 30 heavy (non-hydrogen) atoms. The Hall–Kier alpha value is -3.93. The van der Waals surface area contributed by atoms with Crippen molar-refractivity contribution in [2.75, 3.05) is 7.11 Å². The van der Waals surface area contributed by atoms with Crippen molar-refractivity contribution in [1.29, 1.82) is 0 Å². The number of hydrogen-bond acceptors (Lipinski definition) is 5. The monoisotopic (exact) mass is 400 g/mol. The molecule has 3 aromatic carbocycles. The van der Waals surface area contributed by atoms with E-state index in [2.05, 4.69) is 5.10 Å². The Morgan fingerprint density at radius 1 is 0.967 bits per heavy atom. The molecule has 0 spiro atoms. The van der Waals surface area contributed by atoms with E-state index < -0.39 is 5.97 Å². The van der Waals surface area contributed by atoms with Gasteiger partial charge < -0.3 is 9.47 Å². The maximum Gasteiger partial charge on any atom is 0.359 e. The summed E-state index contributed by atoms with van der Waals surface area (Å²) in [5.74, 6) is 0.0277. The van der Waals surface area contributed by atoms with Crippen LogP contribution in [0.25, 0.3) is 16.5 Å². The molecule has 6 nitrogen and oxygen atoms in total. The van der Waals surface area contributed by atoms with Gasteiger partial charge in [0, 0.05) is 10.9 Å². The average Bonchev–Trinajstić information content (AvgIpc) is 2.78. The van der Waals surface area contributed by atoms with Gasteiger partial charge in [0.2, 0.25) is 0 Å². The second-order valence-corrected chi connectivity index (χ2v) is 6.84. The highest BCUT2D eigenvalue weighted by molar-refractivity contribution is 6.02. The third kappa shape index (κ3) is 3.67. The Bertz CT molecular complexity index is 1280. The number of nitrogens with zero attached hydrogens (tertiary/aromatic N) is 2. The van der Waals surface area contributed by atoms with Gasteiger partial charge in [-0.3, -0.25) is 4.79 Å². The summed E-state index contributed by atoms with van der Waals surface area (Å²) in [4.78, 5) is 25.9. The fourth-order valence-corrected chi connectivity index (χ4v) is 3.32. The first-order valence-corrected chi connectivity index (χ1v) is 9.46. The number of hydrogen-bond donors (Lipinski definition) is 0. The molecule has 0 saturated heterocycles. The van der Waals surface area contributed by atoms with Gasteiger partial charge in [-0.15, -0.1) is 0 Å². The summed E-state index contributed by atoms with van der Waals surface area (Å²) < 4.78 is 12.1. The lowest BCUT2D eigenvalue weighted by molar-refractivity contribution is 0.0463. The molecule has 4 aromatic rings. The third-order valence-electron chi connectivity index (χ3n) is 4.79. The number of fused-ring (bicyclic) bond motifs is 1. The maximum atomic E-state index is 13.0. The van der Waals surface area contributed by atoms with Crippen LogP contribution in [-0.2, 0) is 11.3 Å². The molecule has 0 fully saturated rings. The number of ether oxygens (including phenoxy) is 2. The van der Waals surface area contributed by atoms with Gasteiger partial charge in [0.15, 0.2) is 5.69 Å². The van der Waals surface area contributed by atoms with Crippen LogP contribution in [0.4, 0.5) is 0 Å². The predicted molar refractivity (Wildman–Crippen MR) is 114 cm³/mol. The summed E-state index contributed by atoms with van der Waals surface area (Å²) in [5, 5.41) is 5.20. The minimum absolute atomic E-state index is 0.0319. The van der Waals surface area contributed by atoms with E-state index in [0.29, 0.717) is 22.2 Å². The summed E-state index contributed by atoms with van der Waals surface area (Å²) in [6.45, 7) is 1.99. The number of methoxy groups -OCH3 is 1. The normalized spacial score (nSPS) is 10.7. The molecule has 0 aliphatic carbocycles. The summed E-state index contributed by atoms with van der Waals surface area (Å²) in [7, 11) is 1.57. The number of carbonyl (C=O) groups is 1. The van der Waals surface area contributed by atoms with E-state index >= 15 is 0 Å². The summed E-state index contributed by atoms with van der Waals surface area (Å²) >= 11 is 0. The van der Waals surface area contributed by atoms with Crippen LogP contribution in [-0.4, -0.2) is 22.9 Å². The van der Waals surface area contributed by atoms with Crippen LogP contribution in [0, 0.1) is 6.92 Å². The fraction of sp³-hybridized carbons (Fsp3) is 0.125. The van der Waals surface area contributed by atoms with Gasteiger partial charge in [-0.25, -0.2) is 4.79 Å². The minimum atomic E-state index is -0.612. The second kappa shape index (κ2) is 8.21. The van der Waals surface area contributed by atoms with Crippen LogP contribution >= 0.6 is 0 Å². The molecular formula is C24H20N2O4. The molecule has 0 aliphatic heterocycles. The van der Waals surface area contributed by atoms with Crippen LogP contribution < -0.4 is 10.3 Å². The molecule has 0 unspecified atom stereocenters.